The smallest absolute Gasteiger partial charge is 0.251 e. The van der Waals surface area contributed by atoms with E-state index in [1.165, 1.54) is 12.3 Å². The van der Waals surface area contributed by atoms with Gasteiger partial charge in [0.15, 0.2) is 0 Å². The van der Waals surface area contributed by atoms with Crippen molar-refractivity contribution < 1.29 is 18.0 Å². The molecule has 0 saturated heterocycles. The van der Waals surface area contributed by atoms with E-state index >= 15 is 0 Å². The highest BCUT2D eigenvalue weighted by Crippen LogP contribution is 2.34. The van der Waals surface area contributed by atoms with Crippen molar-refractivity contribution in [1.29, 1.82) is 5.26 Å². The minimum absolute atomic E-state index is 0.162. The summed E-state index contributed by atoms with van der Waals surface area (Å²) in [5, 5.41) is 15.3. The second-order valence-corrected chi connectivity index (χ2v) is 9.85. The van der Waals surface area contributed by atoms with Crippen molar-refractivity contribution >= 4 is 32.7 Å². The number of benzene rings is 1. The summed E-state index contributed by atoms with van der Waals surface area (Å²) < 4.78 is 24.8. The lowest BCUT2D eigenvalue weighted by Gasteiger charge is -2.21. The number of nitrogens with zero attached hydrogens (tertiary/aromatic N) is 2. The van der Waals surface area contributed by atoms with Crippen molar-refractivity contribution in [2.75, 3.05) is 6.26 Å². The van der Waals surface area contributed by atoms with E-state index < -0.39 is 27.5 Å². The van der Waals surface area contributed by atoms with Crippen LogP contribution in [0.5, 0.6) is 0 Å². The van der Waals surface area contributed by atoms with Crippen molar-refractivity contribution in [3.05, 3.63) is 36.0 Å². The molecule has 1 aromatic heterocycles. The van der Waals surface area contributed by atoms with E-state index in [9.17, 15) is 23.3 Å². The van der Waals surface area contributed by atoms with Gasteiger partial charge >= 0.3 is 0 Å². The van der Waals surface area contributed by atoms with Crippen molar-refractivity contribution in [2.24, 2.45) is 5.92 Å². The largest absolute Gasteiger partial charge is 0.340 e. The Hall–Kier alpha value is -2.86. The highest BCUT2D eigenvalue weighted by molar-refractivity contribution is 7.89. The van der Waals surface area contributed by atoms with Crippen LogP contribution in [-0.2, 0) is 14.8 Å². The molecule has 1 fully saturated rings. The number of nitrogens with one attached hydrogen (secondary N) is 2. The summed E-state index contributed by atoms with van der Waals surface area (Å²) in [6.45, 7) is 3.90. The summed E-state index contributed by atoms with van der Waals surface area (Å²) in [6, 6.07) is 7.66. The number of amides is 2. The third kappa shape index (κ3) is 4.59. The molecule has 2 aromatic rings. The maximum absolute atomic E-state index is 12.8. The summed E-state index contributed by atoms with van der Waals surface area (Å²) >= 11 is 0. The molecule has 1 saturated carbocycles. The molecule has 0 bridgehead atoms. The first-order chi connectivity index (χ1) is 13.5. The molecule has 3 rings (SSSR count). The summed E-state index contributed by atoms with van der Waals surface area (Å²) in [7, 11) is -3.44. The van der Waals surface area contributed by atoms with Gasteiger partial charge in [-0.05, 0) is 49.4 Å². The van der Waals surface area contributed by atoms with Gasteiger partial charge in [-0.25, -0.2) is 12.4 Å². The van der Waals surface area contributed by atoms with Gasteiger partial charge in [0.25, 0.3) is 5.91 Å². The Labute approximate surface area is 169 Å². The first kappa shape index (κ1) is 20.9. The quantitative estimate of drug-likeness (QED) is 0.712. The molecule has 9 heteroatoms. The summed E-state index contributed by atoms with van der Waals surface area (Å²) in [4.78, 5) is 25.4. The fourth-order valence-electron chi connectivity index (χ4n) is 3.20. The fraction of sp³-hybridized carbons (Fsp3) is 0.450. The predicted octanol–water partition coefficient (Wildman–Crippen LogP) is 1.77. The van der Waals surface area contributed by atoms with E-state index in [2.05, 4.69) is 16.7 Å². The van der Waals surface area contributed by atoms with Gasteiger partial charge in [0, 0.05) is 17.1 Å². The van der Waals surface area contributed by atoms with Gasteiger partial charge in [0.2, 0.25) is 15.9 Å². The monoisotopic (exact) mass is 416 g/mol. The van der Waals surface area contributed by atoms with Crippen molar-refractivity contribution in [3.8, 4) is 6.07 Å². The normalized spacial score (nSPS) is 16.2. The lowest BCUT2D eigenvalue weighted by Crippen LogP contribution is -2.50. The number of carbonyl (C=O) groups is 2. The highest BCUT2D eigenvalue weighted by Gasteiger charge is 2.45. The van der Waals surface area contributed by atoms with Gasteiger partial charge in [-0.1, -0.05) is 13.8 Å². The summed E-state index contributed by atoms with van der Waals surface area (Å²) in [6.07, 6.45) is 4.21. The first-order valence-electron chi connectivity index (χ1n) is 9.40. The van der Waals surface area contributed by atoms with Gasteiger partial charge in [0.05, 0.1) is 17.8 Å². The minimum atomic E-state index is -3.44. The van der Waals surface area contributed by atoms with Crippen LogP contribution in [0.2, 0.25) is 0 Å². The average Bonchev–Trinajstić information content (AvgIpc) is 3.26. The van der Waals surface area contributed by atoms with Crippen molar-refractivity contribution in [1.82, 2.24) is 14.6 Å². The number of nitriles is 1. The molecule has 154 valence electrons. The number of fused-ring (bicyclic) bond motifs is 1. The molecule has 1 atom stereocenters. The standard InChI is InChI=1S/C20H24N4O4S/c1-13(2)10-16(19(26)23-20(12-21)7-8-20)22-18(25)15-4-5-17-14(11-15)6-9-24(17)29(3,27)28/h4-6,9,11,13,16H,7-8,10H2,1-3H3,(H,22,25)(H,23,26). The second-order valence-electron chi connectivity index (χ2n) is 7.99. The van der Waals surface area contributed by atoms with Crippen LogP contribution in [0.4, 0.5) is 0 Å². The molecule has 2 N–H and O–H groups in total. The molecule has 1 aliphatic carbocycles. The SMILES string of the molecule is CC(C)CC(NC(=O)c1ccc2c(ccn2S(C)(=O)=O)c1)C(=O)NC1(C#N)CC1. The topological polar surface area (TPSA) is 121 Å². The maximum atomic E-state index is 12.8. The van der Waals surface area contributed by atoms with E-state index in [1.54, 1.807) is 18.2 Å². The first-order valence-corrected chi connectivity index (χ1v) is 11.3. The van der Waals surface area contributed by atoms with E-state index in [4.69, 9.17) is 0 Å². The van der Waals surface area contributed by atoms with Crippen molar-refractivity contribution in [2.45, 2.75) is 44.7 Å². The Morgan fingerprint density at radius 3 is 2.52 bits per heavy atom. The molecular weight excluding hydrogens is 392 g/mol. The average molecular weight is 417 g/mol. The van der Waals surface area contributed by atoms with E-state index in [0.29, 0.717) is 35.7 Å². The van der Waals surface area contributed by atoms with Gasteiger partial charge in [-0.2, -0.15) is 5.26 Å². The van der Waals surface area contributed by atoms with Gasteiger partial charge < -0.3 is 10.6 Å². The molecule has 1 heterocycles. The van der Waals surface area contributed by atoms with Crippen LogP contribution >= 0.6 is 0 Å². The Kier molecular flexibility index (Phi) is 5.41. The van der Waals surface area contributed by atoms with Crippen LogP contribution < -0.4 is 10.6 Å². The van der Waals surface area contributed by atoms with Crippen LogP contribution in [0, 0.1) is 17.2 Å². The summed E-state index contributed by atoms with van der Waals surface area (Å²) in [5.74, 6) is -0.633. The zero-order valence-corrected chi connectivity index (χ0v) is 17.4. The maximum Gasteiger partial charge on any atom is 0.251 e. The molecule has 29 heavy (non-hydrogen) atoms. The fourth-order valence-corrected chi connectivity index (χ4v) is 4.01. The number of hydrogen-bond acceptors (Lipinski definition) is 5. The Bertz CT molecular complexity index is 1110. The molecule has 0 spiro atoms. The number of rotatable bonds is 7. The minimum Gasteiger partial charge on any atom is -0.340 e. The zero-order chi connectivity index (χ0) is 21.4. The van der Waals surface area contributed by atoms with Gasteiger partial charge in [-0.15, -0.1) is 0 Å². The van der Waals surface area contributed by atoms with Crippen LogP contribution in [0.3, 0.4) is 0 Å². The summed E-state index contributed by atoms with van der Waals surface area (Å²) in [5.41, 5.74) is 0.00164. The molecule has 8 nitrogen and oxygen atoms in total. The van der Waals surface area contributed by atoms with Crippen LogP contribution in [0.15, 0.2) is 30.5 Å². The van der Waals surface area contributed by atoms with Gasteiger partial charge in [0.1, 0.15) is 11.6 Å². The Balaban J connectivity index is 1.80. The molecule has 1 aliphatic rings. The highest BCUT2D eigenvalue weighted by atomic mass is 32.2. The number of carbonyl (C=O) groups excluding carboxylic acids is 2. The van der Waals surface area contributed by atoms with Crippen molar-refractivity contribution in [3.63, 3.8) is 0 Å². The molecular formula is C20H24N4O4S. The molecule has 0 radical (unpaired) electrons. The molecule has 1 unspecified atom stereocenters. The molecule has 1 aromatic carbocycles. The van der Waals surface area contributed by atoms with Gasteiger partial charge in [-0.3, -0.25) is 9.59 Å². The lowest BCUT2D eigenvalue weighted by atomic mass is 10.0. The Morgan fingerprint density at radius 1 is 1.28 bits per heavy atom. The Morgan fingerprint density at radius 2 is 1.97 bits per heavy atom. The third-order valence-corrected chi connectivity index (χ3v) is 5.96. The van der Waals surface area contributed by atoms with Crippen LogP contribution in [-0.4, -0.2) is 42.0 Å². The zero-order valence-electron chi connectivity index (χ0n) is 16.6. The van der Waals surface area contributed by atoms with E-state index in [0.717, 1.165) is 10.2 Å². The molecule has 2 amide bonds. The van der Waals surface area contributed by atoms with Crippen LogP contribution in [0.25, 0.3) is 10.9 Å². The van der Waals surface area contributed by atoms with E-state index in [-0.39, 0.29) is 11.8 Å². The predicted molar refractivity (Wildman–Crippen MR) is 109 cm³/mol. The lowest BCUT2D eigenvalue weighted by molar-refractivity contribution is -0.123. The number of aromatic nitrogens is 1. The number of hydrogen-bond donors (Lipinski definition) is 2. The van der Waals surface area contributed by atoms with E-state index in [1.807, 2.05) is 13.8 Å². The third-order valence-electron chi connectivity index (χ3n) is 4.93. The van der Waals surface area contributed by atoms with Crippen LogP contribution in [0.1, 0.15) is 43.5 Å². The molecule has 0 aliphatic heterocycles. The second kappa shape index (κ2) is 7.52.